The monoisotopic (exact) mass is 284 g/mol. The van der Waals surface area contributed by atoms with E-state index in [9.17, 15) is 4.39 Å². The van der Waals surface area contributed by atoms with E-state index in [0.29, 0.717) is 18.0 Å². The molecule has 0 spiro atoms. The Morgan fingerprint density at radius 2 is 2.32 bits per heavy atom. The highest BCUT2D eigenvalue weighted by molar-refractivity contribution is 6.30. The quantitative estimate of drug-likeness (QED) is 0.915. The van der Waals surface area contributed by atoms with E-state index in [-0.39, 0.29) is 16.9 Å². The number of rotatable bonds is 4. The number of hydrogen-bond acceptors (Lipinski definition) is 2. The van der Waals surface area contributed by atoms with Crippen molar-refractivity contribution < 1.29 is 4.39 Å². The molecule has 0 bridgehead atoms. The predicted octanol–water partition coefficient (Wildman–Crippen LogP) is 3.60. The molecule has 2 unspecified atom stereocenters. The summed E-state index contributed by atoms with van der Waals surface area (Å²) < 4.78 is 14.2. The summed E-state index contributed by atoms with van der Waals surface area (Å²) in [6, 6.07) is 5.12. The molecule has 0 aliphatic carbocycles. The van der Waals surface area contributed by atoms with Crippen LogP contribution >= 0.6 is 11.6 Å². The van der Waals surface area contributed by atoms with Crippen LogP contribution in [0, 0.1) is 11.7 Å². The van der Waals surface area contributed by atoms with Crippen molar-refractivity contribution >= 4 is 11.6 Å². The van der Waals surface area contributed by atoms with Gasteiger partial charge in [-0.1, -0.05) is 37.1 Å². The summed E-state index contributed by atoms with van der Waals surface area (Å²) in [6.07, 6.45) is 3.60. The number of benzene rings is 1. The summed E-state index contributed by atoms with van der Waals surface area (Å²) in [5, 5.41) is 0.181. The van der Waals surface area contributed by atoms with Gasteiger partial charge >= 0.3 is 0 Å². The number of nitrogens with two attached hydrogens (primary N) is 1. The topological polar surface area (TPSA) is 29.3 Å². The Morgan fingerprint density at radius 3 is 3.00 bits per heavy atom. The van der Waals surface area contributed by atoms with Gasteiger partial charge in [-0.25, -0.2) is 4.39 Å². The van der Waals surface area contributed by atoms with Gasteiger partial charge in [-0.3, -0.25) is 4.90 Å². The summed E-state index contributed by atoms with van der Waals surface area (Å²) in [5.41, 5.74) is 6.52. The van der Waals surface area contributed by atoms with Gasteiger partial charge in [-0.2, -0.15) is 0 Å². The molecule has 0 amide bonds. The third kappa shape index (κ3) is 3.28. The zero-order valence-corrected chi connectivity index (χ0v) is 12.2. The van der Waals surface area contributed by atoms with Crippen LogP contribution in [-0.2, 0) is 0 Å². The number of hydrogen-bond donors (Lipinski definition) is 1. The molecule has 1 heterocycles. The summed E-state index contributed by atoms with van der Waals surface area (Å²) in [5.74, 6) is 0.378. The second kappa shape index (κ2) is 6.69. The Kier molecular flexibility index (Phi) is 5.20. The van der Waals surface area contributed by atoms with Gasteiger partial charge in [-0.05, 0) is 31.4 Å². The van der Waals surface area contributed by atoms with Crippen LogP contribution in [0.25, 0.3) is 0 Å². The molecule has 0 radical (unpaired) electrons. The van der Waals surface area contributed by atoms with E-state index in [4.69, 9.17) is 17.3 Å². The summed E-state index contributed by atoms with van der Waals surface area (Å²) >= 11 is 5.88. The molecule has 1 aliphatic rings. The van der Waals surface area contributed by atoms with Crippen LogP contribution in [0.4, 0.5) is 4.39 Å². The summed E-state index contributed by atoms with van der Waals surface area (Å²) in [6.45, 7) is 4.63. The van der Waals surface area contributed by atoms with Gasteiger partial charge in [0.1, 0.15) is 5.82 Å². The van der Waals surface area contributed by atoms with E-state index in [1.807, 2.05) is 0 Å². The van der Waals surface area contributed by atoms with E-state index in [2.05, 4.69) is 11.8 Å². The van der Waals surface area contributed by atoms with Gasteiger partial charge in [0, 0.05) is 24.7 Å². The molecular weight excluding hydrogens is 263 g/mol. The lowest BCUT2D eigenvalue weighted by molar-refractivity contribution is 0.122. The van der Waals surface area contributed by atoms with E-state index in [0.717, 1.165) is 19.5 Å². The molecule has 1 aromatic rings. The van der Waals surface area contributed by atoms with Crippen LogP contribution in [0.2, 0.25) is 5.02 Å². The van der Waals surface area contributed by atoms with Crippen LogP contribution in [0.3, 0.4) is 0 Å². The molecule has 0 saturated carbocycles. The Bertz CT molecular complexity index is 425. The Balaban J connectivity index is 2.21. The molecule has 1 aliphatic heterocycles. The van der Waals surface area contributed by atoms with Crippen LogP contribution < -0.4 is 5.73 Å². The number of piperidine rings is 1. The normalized spacial score (nSPS) is 22.4. The van der Waals surface area contributed by atoms with E-state index in [1.165, 1.54) is 12.8 Å². The predicted molar refractivity (Wildman–Crippen MR) is 77.8 cm³/mol. The minimum atomic E-state index is -0.321. The van der Waals surface area contributed by atoms with Crippen LogP contribution in [0.5, 0.6) is 0 Å². The fourth-order valence-corrected chi connectivity index (χ4v) is 3.15. The molecule has 106 valence electrons. The maximum Gasteiger partial charge on any atom is 0.146 e. The molecule has 2 N–H and O–H groups in total. The highest BCUT2D eigenvalue weighted by Crippen LogP contribution is 2.30. The van der Waals surface area contributed by atoms with Crippen LogP contribution in [0.15, 0.2) is 18.2 Å². The molecular formula is C15H22ClFN2. The molecule has 1 fully saturated rings. The van der Waals surface area contributed by atoms with Gasteiger partial charge in [-0.15, -0.1) is 0 Å². The average Bonchev–Trinajstić information content (AvgIpc) is 2.44. The van der Waals surface area contributed by atoms with Gasteiger partial charge in [0.25, 0.3) is 0 Å². The zero-order chi connectivity index (χ0) is 13.8. The van der Waals surface area contributed by atoms with Crippen molar-refractivity contribution in [2.45, 2.75) is 32.2 Å². The first-order chi connectivity index (χ1) is 9.17. The van der Waals surface area contributed by atoms with Gasteiger partial charge in [0.05, 0.1) is 5.02 Å². The maximum absolute atomic E-state index is 14.2. The number of nitrogens with zero attached hydrogens (tertiary/aromatic N) is 1. The Hall–Kier alpha value is -0.640. The lowest BCUT2D eigenvalue weighted by Crippen LogP contribution is -2.41. The fraction of sp³-hybridized carbons (Fsp3) is 0.600. The fourth-order valence-electron chi connectivity index (χ4n) is 2.96. The highest BCUT2D eigenvalue weighted by Gasteiger charge is 2.27. The zero-order valence-electron chi connectivity index (χ0n) is 11.4. The lowest BCUT2D eigenvalue weighted by Gasteiger charge is -2.38. The maximum atomic E-state index is 14.2. The smallest absolute Gasteiger partial charge is 0.146 e. The Labute approximate surface area is 119 Å². The minimum Gasteiger partial charge on any atom is -0.329 e. The molecule has 19 heavy (non-hydrogen) atoms. The molecule has 1 saturated heterocycles. The van der Waals surface area contributed by atoms with Crippen molar-refractivity contribution in [1.29, 1.82) is 0 Å². The van der Waals surface area contributed by atoms with Crippen molar-refractivity contribution in [3.63, 3.8) is 0 Å². The molecule has 1 aromatic carbocycles. The van der Waals surface area contributed by atoms with Gasteiger partial charge in [0.2, 0.25) is 0 Å². The van der Waals surface area contributed by atoms with Gasteiger partial charge < -0.3 is 5.73 Å². The minimum absolute atomic E-state index is 0.0620. The summed E-state index contributed by atoms with van der Waals surface area (Å²) in [7, 11) is 0. The van der Waals surface area contributed by atoms with Crippen LogP contribution in [-0.4, -0.2) is 24.5 Å². The largest absolute Gasteiger partial charge is 0.329 e. The van der Waals surface area contributed by atoms with Crippen molar-refractivity contribution in [2.75, 3.05) is 19.6 Å². The third-order valence-electron chi connectivity index (χ3n) is 4.13. The van der Waals surface area contributed by atoms with Crippen molar-refractivity contribution in [1.82, 2.24) is 4.90 Å². The molecule has 2 nitrogen and oxygen atoms in total. The summed E-state index contributed by atoms with van der Waals surface area (Å²) in [4.78, 5) is 2.31. The van der Waals surface area contributed by atoms with Gasteiger partial charge in [0.15, 0.2) is 0 Å². The van der Waals surface area contributed by atoms with E-state index < -0.39 is 0 Å². The van der Waals surface area contributed by atoms with E-state index in [1.54, 1.807) is 18.2 Å². The molecule has 2 rings (SSSR count). The second-order valence-electron chi connectivity index (χ2n) is 5.31. The van der Waals surface area contributed by atoms with E-state index >= 15 is 0 Å². The first kappa shape index (κ1) is 14.8. The van der Waals surface area contributed by atoms with Crippen molar-refractivity contribution in [3.8, 4) is 0 Å². The molecule has 2 atom stereocenters. The first-order valence-corrected chi connectivity index (χ1v) is 7.43. The Morgan fingerprint density at radius 1 is 1.53 bits per heavy atom. The number of likely N-dealkylation sites (tertiary alicyclic amines) is 1. The lowest BCUT2D eigenvalue weighted by atomic mass is 9.93. The second-order valence-corrected chi connectivity index (χ2v) is 5.71. The first-order valence-electron chi connectivity index (χ1n) is 7.05. The highest BCUT2D eigenvalue weighted by atomic mass is 35.5. The average molecular weight is 285 g/mol. The van der Waals surface area contributed by atoms with Crippen LogP contribution in [0.1, 0.15) is 37.8 Å². The van der Waals surface area contributed by atoms with Crippen molar-refractivity contribution in [3.05, 3.63) is 34.6 Å². The third-order valence-corrected chi connectivity index (χ3v) is 4.42. The molecule has 4 heteroatoms. The standard InChI is InChI=1S/C15H22ClFN2/c1-2-11-5-4-8-19(10-11)14(9-18)12-6-3-7-13(16)15(12)17/h3,6-7,11,14H,2,4-5,8-10,18H2,1H3. The number of halogens is 2. The van der Waals surface area contributed by atoms with Crippen molar-refractivity contribution in [2.24, 2.45) is 11.7 Å². The SMILES string of the molecule is CCC1CCCN(C(CN)c2cccc(Cl)c2F)C1. The molecule has 0 aromatic heterocycles.